The van der Waals surface area contributed by atoms with Gasteiger partial charge in [-0.1, -0.05) is 12.1 Å². The number of H-pyrrole nitrogens is 1. The molecule has 0 fully saturated rings. The number of anilines is 1. The smallest absolute Gasteiger partial charge is 0.409 e. The van der Waals surface area contributed by atoms with Gasteiger partial charge in [-0.2, -0.15) is 0 Å². The molecule has 0 saturated carbocycles. The van der Waals surface area contributed by atoms with Crippen molar-refractivity contribution in [3.63, 3.8) is 0 Å². The van der Waals surface area contributed by atoms with Crippen LogP contribution in [-0.2, 0) is 0 Å². The summed E-state index contributed by atoms with van der Waals surface area (Å²) in [5, 5.41) is 12.7. The van der Waals surface area contributed by atoms with Gasteiger partial charge < -0.3 is 10.1 Å². The number of hydrogen-bond donors (Lipinski definition) is 3. The lowest BCUT2D eigenvalue weighted by molar-refractivity contribution is 0.210. The van der Waals surface area contributed by atoms with Gasteiger partial charge in [0, 0.05) is 23.2 Å². The highest BCUT2D eigenvalue weighted by atomic mass is 16.4. The fraction of sp³-hybridized carbons (Fsp3) is 0. The normalized spacial score (nSPS) is 10.2. The van der Waals surface area contributed by atoms with E-state index in [9.17, 15) is 4.79 Å². The number of amides is 1. The molecule has 0 aliphatic rings. The minimum absolute atomic E-state index is 0.603. The van der Waals surface area contributed by atoms with Crippen molar-refractivity contribution in [3.8, 4) is 0 Å². The maximum Gasteiger partial charge on any atom is 0.409 e. The van der Waals surface area contributed by atoms with Crippen LogP contribution in [0.5, 0.6) is 0 Å². The Morgan fingerprint density at radius 2 is 2.23 bits per heavy atom. The summed E-state index contributed by atoms with van der Waals surface area (Å²) in [4.78, 5) is 13.3. The Hall–Kier alpha value is -1.97. The summed E-state index contributed by atoms with van der Waals surface area (Å²) in [6.07, 6.45) is 2.54. The van der Waals surface area contributed by atoms with E-state index in [4.69, 9.17) is 5.11 Å². The maximum atomic E-state index is 10.4. The van der Waals surface area contributed by atoms with Crippen LogP contribution in [0.3, 0.4) is 0 Å². The summed E-state index contributed by atoms with van der Waals surface area (Å²) in [6, 6.07) is 5.45. The van der Waals surface area contributed by atoms with E-state index in [1.54, 1.807) is 18.3 Å². The van der Waals surface area contributed by atoms with Crippen LogP contribution >= 0.6 is 0 Å². The third-order valence-electron chi connectivity index (χ3n) is 1.85. The van der Waals surface area contributed by atoms with E-state index < -0.39 is 6.09 Å². The average molecular weight is 176 g/mol. The van der Waals surface area contributed by atoms with Gasteiger partial charge in [0.25, 0.3) is 0 Å². The van der Waals surface area contributed by atoms with Crippen molar-refractivity contribution in [3.05, 3.63) is 30.6 Å². The molecule has 0 radical (unpaired) electrons. The van der Waals surface area contributed by atoms with E-state index in [-0.39, 0.29) is 0 Å². The number of aromatic amines is 1. The second kappa shape index (κ2) is 2.82. The Labute approximate surface area is 74.2 Å². The first-order chi connectivity index (χ1) is 6.27. The predicted molar refractivity (Wildman–Crippen MR) is 49.9 cm³/mol. The van der Waals surface area contributed by atoms with Gasteiger partial charge in [0.1, 0.15) is 0 Å². The lowest BCUT2D eigenvalue weighted by Gasteiger charge is -2.01. The highest BCUT2D eigenvalue weighted by Crippen LogP contribution is 2.22. The van der Waals surface area contributed by atoms with Crippen molar-refractivity contribution in [2.24, 2.45) is 0 Å². The third kappa shape index (κ3) is 1.33. The van der Waals surface area contributed by atoms with Gasteiger partial charge in [0.05, 0.1) is 5.69 Å². The molecule has 0 spiro atoms. The Kier molecular flexibility index (Phi) is 1.66. The van der Waals surface area contributed by atoms with Gasteiger partial charge in [0.15, 0.2) is 0 Å². The SMILES string of the molecule is O=C(O)Nc1cccc2c[nH]cc12. The molecular weight excluding hydrogens is 168 g/mol. The van der Waals surface area contributed by atoms with Crippen molar-refractivity contribution in [2.45, 2.75) is 0 Å². The molecule has 0 aliphatic carbocycles. The molecule has 3 N–H and O–H groups in total. The van der Waals surface area contributed by atoms with Crippen LogP contribution in [0.2, 0.25) is 0 Å². The lowest BCUT2D eigenvalue weighted by atomic mass is 10.2. The van der Waals surface area contributed by atoms with Gasteiger partial charge >= 0.3 is 6.09 Å². The predicted octanol–water partition coefficient (Wildman–Crippen LogP) is 2.26. The average Bonchev–Trinajstić information content (AvgIpc) is 2.51. The maximum absolute atomic E-state index is 10.4. The Morgan fingerprint density at radius 1 is 1.38 bits per heavy atom. The number of nitrogens with one attached hydrogen (secondary N) is 2. The topological polar surface area (TPSA) is 65.1 Å². The Bertz CT molecular complexity index is 448. The standard InChI is InChI=1S/C9H8N2O2/c12-9(13)11-8-3-1-2-6-4-10-5-7(6)8/h1-5,10-11H,(H,12,13). The molecule has 0 bridgehead atoms. The first-order valence-corrected chi connectivity index (χ1v) is 3.83. The second-order valence-corrected chi connectivity index (χ2v) is 2.69. The summed E-state index contributed by atoms with van der Waals surface area (Å²) >= 11 is 0. The third-order valence-corrected chi connectivity index (χ3v) is 1.85. The number of rotatable bonds is 1. The van der Waals surface area contributed by atoms with Crippen molar-refractivity contribution < 1.29 is 9.90 Å². The lowest BCUT2D eigenvalue weighted by Crippen LogP contribution is -2.06. The zero-order chi connectivity index (χ0) is 9.26. The van der Waals surface area contributed by atoms with Gasteiger partial charge in [-0.3, -0.25) is 5.32 Å². The van der Waals surface area contributed by atoms with Crippen LogP contribution in [0.25, 0.3) is 10.8 Å². The quantitative estimate of drug-likeness (QED) is 0.623. The molecule has 0 atom stereocenters. The van der Waals surface area contributed by atoms with E-state index in [0.717, 1.165) is 10.8 Å². The first-order valence-electron chi connectivity index (χ1n) is 3.83. The van der Waals surface area contributed by atoms with Crippen LogP contribution in [0.15, 0.2) is 30.6 Å². The van der Waals surface area contributed by atoms with Crippen molar-refractivity contribution in [2.75, 3.05) is 5.32 Å². The number of fused-ring (bicyclic) bond motifs is 1. The highest BCUT2D eigenvalue weighted by molar-refractivity contribution is 5.99. The number of carbonyl (C=O) groups is 1. The molecule has 66 valence electrons. The second-order valence-electron chi connectivity index (χ2n) is 2.69. The summed E-state index contributed by atoms with van der Waals surface area (Å²) in [5.74, 6) is 0. The van der Waals surface area contributed by atoms with Gasteiger partial charge in [-0.25, -0.2) is 4.79 Å². The van der Waals surface area contributed by atoms with Crippen LogP contribution in [0.1, 0.15) is 0 Å². The van der Waals surface area contributed by atoms with Crippen LogP contribution in [0.4, 0.5) is 10.5 Å². The van der Waals surface area contributed by atoms with E-state index in [1.165, 1.54) is 0 Å². The summed E-state index contributed by atoms with van der Waals surface area (Å²) in [6.45, 7) is 0. The fourth-order valence-electron chi connectivity index (χ4n) is 1.31. The Balaban J connectivity index is 2.54. The first kappa shape index (κ1) is 7.67. The van der Waals surface area contributed by atoms with Gasteiger partial charge in [-0.15, -0.1) is 0 Å². The molecule has 2 rings (SSSR count). The zero-order valence-electron chi connectivity index (χ0n) is 6.74. The molecule has 1 aromatic heterocycles. The monoisotopic (exact) mass is 176 g/mol. The van der Waals surface area contributed by atoms with E-state index in [0.29, 0.717) is 5.69 Å². The molecule has 1 amide bonds. The number of benzene rings is 1. The summed E-state index contributed by atoms with van der Waals surface area (Å²) in [5.41, 5.74) is 0.603. The zero-order valence-corrected chi connectivity index (χ0v) is 6.74. The van der Waals surface area contributed by atoms with E-state index in [2.05, 4.69) is 10.3 Å². The van der Waals surface area contributed by atoms with Gasteiger partial charge in [0.2, 0.25) is 0 Å². The largest absolute Gasteiger partial charge is 0.465 e. The highest BCUT2D eigenvalue weighted by Gasteiger charge is 2.02. The molecule has 13 heavy (non-hydrogen) atoms. The molecular formula is C9H8N2O2. The fourth-order valence-corrected chi connectivity index (χ4v) is 1.31. The summed E-state index contributed by atoms with van der Waals surface area (Å²) in [7, 11) is 0. The molecule has 2 aromatic rings. The molecule has 1 heterocycles. The molecule has 0 aliphatic heterocycles. The van der Waals surface area contributed by atoms with E-state index in [1.807, 2.05) is 12.3 Å². The molecule has 0 saturated heterocycles. The minimum atomic E-state index is -1.05. The molecule has 0 unspecified atom stereocenters. The van der Waals surface area contributed by atoms with Crippen molar-refractivity contribution >= 4 is 22.6 Å². The van der Waals surface area contributed by atoms with Crippen LogP contribution in [0, 0.1) is 0 Å². The van der Waals surface area contributed by atoms with Crippen molar-refractivity contribution in [1.29, 1.82) is 0 Å². The van der Waals surface area contributed by atoms with Crippen LogP contribution < -0.4 is 5.32 Å². The van der Waals surface area contributed by atoms with Crippen molar-refractivity contribution in [1.82, 2.24) is 4.98 Å². The van der Waals surface area contributed by atoms with Crippen LogP contribution in [-0.4, -0.2) is 16.2 Å². The summed E-state index contributed by atoms with van der Waals surface area (Å²) < 4.78 is 0. The number of carboxylic acid groups (broad SMARTS) is 1. The van der Waals surface area contributed by atoms with Gasteiger partial charge in [-0.05, 0) is 6.07 Å². The minimum Gasteiger partial charge on any atom is -0.465 e. The molecule has 1 aromatic carbocycles. The Morgan fingerprint density at radius 3 is 3.00 bits per heavy atom. The molecule has 4 nitrogen and oxygen atoms in total. The molecule has 4 heteroatoms. The number of aromatic nitrogens is 1. The number of hydrogen-bond acceptors (Lipinski definition) is 1. The van der Waals surface area contributed by atoms with E-state index >= 15 is 0 Å².